The molecule has 2 rings (SSSR count). The van der Waals surface area contributed by atoms with E-state index in [1.165, 1.54) is 37.3 Å². The monoisotopic (exact) mass is 340 g/mol. The molecule has 0 aliphatic heterocycles. The summed E-state index contributed by atoms with van der Waals surface area (Å²) in [6.45, 7) is 1.23. The summed E-state index contributed by atoms with van der Waals surface area (Å²) in [5.41, 5.74) is 1.30. The van der Waals surface area contributed by atoms with E-state index in [0.717, 1.165) is 5.56 Å². The van der Waals surface area contributed by atoms with Gasteiger partial charge in [-0.25, -0.2) is 4.79 Å². The maximum absolute atomic E-state index is 12.2. The molecule has 0 aromatic heterocycles. The molecule has 2 aromatic carbocycles. The SMILES string of the molecule is CC(=O)N/C(=C\c1ccccc1)C(=O)OCc1ccc([N+](=O)[O-])cc1. The maximum atomic E-state index is 12.2. The minimum Gasteiger partial charge on any atom is -0.456 e. The molecule has 0 aliphatic carbocycles. The summed E-state index contributed by atoms with van der Waals surface area (Å²) in [7, 11) is 0. The topological polar surface area (TPSA) is 98.5 Å². The molecular weight excluding hydrogens is 324 g/mol. The zero-order valence-corrected chi connectivity index (χ0v) is 13.5. The smallest absolute Gasteiger partial charge is 0.355 e. The highest BCUT2D eigenvalue weighted by molar-refractivity contribution is 5.97. The van der Waals surface area contributed by atoms with Crippen molar-refractivity contribution < 1.29 is 19.2 Å². The predicted octanol–water partition coefficient (Wildman–Crippen LogP) is 2.82. The normalized spacial score (nSPS) is 10.8. The summed E-state index contributed by atoms with van der Waals surface area (Å²) in [6.07, 6.45) is 1.51. The van der Waals surface area contributed by atoms with E-state index in [4.69, 9.17) is 4.74 Å². The van der Waals surface area contributed by atoms with Crippen LogP contribution < -0.4 is 5.32 Å². The Balaban J connectivity index is 2.07. The van der Waals surface area contributed by atoms with Crippen molar-refractivity contribution in [2.45, 2.75) is 13.5 Å². The summed E-state index contributed by atoms with van der Waals surface area (Å²) in [5.74, 6) is -1.09. The van der Waals surface area contributed by atoms with Crippen LogP contribution in [0.3, 0.4) is 0 Å². The van der Waals surface area contributed by atoms with Gasteiger partial charge in [0.1, 0.15) is 12.3 Å². The van der Waals surface area contributed by atoms with Gasteiger partial charge in [-0.3, -0.25) is 14.9 Å². The summed E-state index contributed by atoms with van der Waals surface area (Å²) >= 11 is 0. The van der Waals surface area contributed by atoms with Crippen LogP contribution in [0.15, 0.2) is 60.3 Å². The second-order valence-corrected chi connectivity index (χ2v) is 5.15. The summed E-state index contributed by atoms with van der Waals surface area (Å²) in [5, 5.41) is 13.1. The van der Waals surface area contributed by atoms with E-state index >= 15 is 0 Å². The third kappa shape index (κ3) is 5.58. The van der Waals surface area contributed by atoms with Crippen LogP contribution >= 0.6 is 0 Å². The number of carbonyl (C=O) groups excluding carboxylic acids is 2. The van der Waals surface area contributed by atoms with Gasteiger partial charge >= 0.3 is 5.97 Å². The number of carbonyl (C=O) groups is 2. The largest absolute Gasteiger partial charge is 0.456 e. The van der Waals surface area contributed by atoms with E-state index in [0.29, 0.717) is 5.56 Å². The van der Waals surface area contributed by atoms with Crippen LogP contribution in [-0.4, -0.2) is 16.8 Å². The molecule has 0 bridgehead atoms. The van der Waals surface area contributed by atoms with E-state index in [-0.39, 0.29) is 18.0 Å². The average Bonchev–Trinajstić information content (AvgIpc) is 2.60. The number of benzene rings is 2. The van der Waals surface area contributed by atoms with Gasteiger partial charge in [0.2, 0.25) is 5.91 Å². The Morgan fingerprint density at radius 3 is 2.32 bits per heavy atom. The van der Waals surface area contributed by atoms with Gasteiger partial charge in [-0.1, -0.05) is 30.3 Å². The molecule has 25 heavy (non-hydrogen) atoms. The molecule has 0 fully saturated rings. The molecule has 0 saturated heterocycles. The Hall–Kier alpha value is -3.48. The Kier molecular flexibility index (Phi) is 6.00. The fourth-order valence-corrected chi connectivity index (χ4v) is 1.99. The molecule has 0 saturated carbocycles. The van der Waals surface area contributed by atoms with Crippen molar-refractivity contribution in [1.29, 1.82) is 0 Å². The lowest BCUT2D eigenvalue weighted by Gasteiger charge is -2.09. The molecule has 128 valence electrons. The standard InChI is InChI=1S/C18H16N2O5/c1-13(21)19-17(11-14-5-3-2-4-6-14)18(22)25-12-15-7-9-16(10-8-15)20(23)24/h2-11H,12H2,1H3,(H,19,21)/b17-11-. The molecule has 2 aromatic rings. The average molecular weight is 340 g/mol. The molecule has 7 heteroatoms. The quantitative estimate of drug-likeness (QED) is 0.377. The first-order valence-electron chi connectivity index (χ1n) is 7.40. The Labute approximate surface area is 144 Å². The molecule has 0 aliphatic rings. The first kappa shape index (κ1) is 17.9. The van der Waals surface area contributed by atoms with E-state index in [2.05, 4.69) is 5.32 Å². The van der Waals surface area contributed by atoms with Gasteiger partial charge < -0.3 is 10.1 Å². The molecule has 0 spiro atoms. The fraction of sp³-hybridized carbons (Fsp3) is 0.111. The van der Waals surface area contributed by atoms with Crippen LogP contribution in [0.5, 0.6) is 0 Å². The van der Waals surface area contributed by atoms with Crippen molar-refractivity contribution in [3.8, 4) is 0 Å². The highest BCUT2D eigenvalue weighted by Gasteiger charge is 2.13. The van der Waals surface area contributed by atoms with Crippen molar-refractivity contribution in [3.63, 3.8) is 0 Å². The Bertz CT molecular complexity index is 798. The number of non-ortho nitro benzene ring substituents is 1. The van der Waals surface area contributed by atoms with Crippen LogP contribution in [-0.2, 0) is 20.9 Å². The maximum Gasteiger partial charge on any atom is 0.355 e. The lowest BCUT2D eigenvalue weighted by Crippen LogP contribution is -2.26. The molecule has 7 nitrogen and oxygen atoms in total. The Morgan fingerprint density at radius 1 is 1.12 bits per heavy atom. The van der Waals surface area contributed by atoms with E-state index in [9.17, 15) is 19.7 Å². The number of amides is 1. The van der Waals surface area contributed by atoms with Gasteiger partial charge in [0.05, 0.1) is 4.92 Å². The van der Waals surface area contributed by atoms with E-state index < -0.39 is 16.8 Å². The first-order valence-corrected chi connectivity index (χ1v) is 7.40. The van der Waals surface area contributed by atoms with Gasteiger partial charge in [-0.05, 0) is 29.3 Å². The van der Waals surface area contributed by atoms with Crippen LogP contribution in [0, 0.1) is 10.1 Å². The first-order chi connectivity index (χ1) is 12.0. The van der Waals surface area contributed by atoms with Crippen molar-refractivity contribution in [2.24, 2.45) is 0 Å². The lowest BCUT2D eigenvalue weighted by atomic mass is 10.2. The van der Waals surface area contributed by atoms with Crippen molar-refractivity contribution in [2.75, 3.05) is 0 Å². The Morgan fingerprint density at radius 2 is 1.76 bits per heavy atom. The molecule has 0 heterocycles. The minimum absolute atomic E-state index is 0.0145. The lowest BCUT2D eigenvalue weighted by molar-refractivity contribution is -0.384. The molecular formula is C18H16N2O5. The summed E-state index contributed by atoms with van der Waals surface area (Å²) in [4.78, 5) is 33.6. The number of rotatable bonds is 6. The second-order valence-electron chi connectivity index (χ2n) is 5.15. The van der Waals surface area contributed by atoms with Gasteiger partial charge in [0.15, 0.2) is 0 Å². The van der Waals surface area contributed by atoms with Crippen LogP contribution in [0.1, 0.15) is 18.1 Å². The highest BCUT2D eigenvalue weighted by Crippen LogP contribution is 2.13. The van der Waals surface area contributed by atoms with E-state index in [1.54, 1.807) is 24.3 Å². The van der Waals surface area contributed by atoms with Crippen LogP contribution in [0.25, 0.3) is 6.08 Å². The number of nitro benzene ring substituents is 1. The number of esters is 1. The van der Waals surface area contributed by atoms with E-state index in [1.807, 2.05) is 6.07 Å². The highest BCUT2D eigenvalue weighted by atomic mass is 16.6. The zero-order valence-electron chi connectivity index (χ0n) is 13.5. The van der Waals surface area contributed by atoms with Gasteiger partial charge in [-0.2, -0.15) is 0 Å². The minimum atomic E-state index is -0.697. The third-order valence-electron chi connectivity index (χ3n) is 3.16. The van der Waals surface area contributed by atoms with Gasteiger partial charge in [-0.15, -0.1) is 0 Å². The number of nitrogens with zero attached hydrogens (tertiary/aromatic N) is 1. The van der Waals surface area contributed by atoms with Crippen molar-refractivity contribution >= 4 is 23.6 Å². The number of hydrogen-bond acceptors (Lipinski definition) is 5. The van der Waals surface area contributed by atoms with Crippen LogP contribution in [0.4, 0.5) is 5.69 Å². The molecule has 1 amide bonds. The van der Waals surface area contributed by atoms with Gasteiger partial charge in [0.25, 0.3) is 5.69 Å². The number of nitrogens with one attached hydrogen (secondary N) is 1. The number of hydrogen-bond donors (Lipinski definition) is 1. The van der Waals surface area contributed by atoms with Crippen molar-refractivity contribution in [3.05, 3.63) is 81.5 Å². The fourth-order valence-electron chi connectivity index (χ4n) is 1.99. The van der Waals surface area contributed by atoms with Gasteiger partial charge in [0, 0.05) is 19.1 Å². The van der Waals surface area contributed by atoms with Crippen molar-refractivity contribution in [1.82, 2.24) is 5.32 Å². The zero-order chi connectivity index (χ0) is 18.2. The summed E-state index contributed by atoms with van der Waals surface area (Å²) < 4.78 is 5.17. The predicted molar refractivity (Wildman–Crippen MR) is 91.1 cm³/mol. The third-order valence-corrected chi connectivity index (χ3v) is 3.16. The number of ether oxygens (including phenoxy) is 1. The molecule has 0 radical (unpaired) electrons. The van der Waals surface area contributed by atoms with Crippen LogP contribution in [0.2, 0.25) is 0 Å². The molecule has 1 N–H and O–H groups in total. The summed E-state index contributed by atoms with van der Waals surface area (Å²) in [6, 6.07) is 14.7. The second kappa shape index (κ2) is 8.39. The number of nitro groups is 1. The molecule has 0 unspecified atom stereocenters. The molecule has 0 atom stereocenters.